The van der Waals surface area contributed by atoms with Crippen LogP contribution in [-0.2, 0) is 6.42 Å². The quantitative estimate of drug-likeness (QED) is 0.896. The molecule has 1 unspecified atom stereocenters. The standard InChI is InChI=1S/C13H17BrFN/c14-12-5-6-13(15)11(8-12)4-3-10-2-1-7-16-9-10/h5-6,8,10,16H,1-4,7,9H2. The Morgan fingerprint density at radius 3 is 3.06 bits per heavy atom. The van der Waals surface area contributed by atoms with Gasteiger partial charge in [-0.2, -0.15) is 0 Å². The van der Waals surface area contributed by atoms with Crippen LogP contribution in [0.25, 0.3) is 0 Å². The van der Waals surface area contributed by atoms with E-state index in [-0.39, 0.29) is 5.82 Å². The van der Waals surface area contributed by atoms with Gasteiger partial charge < -0.3 is 5.32 Å². The summed E-state index contributed by atoms with van der Waals surface area (Å²) in [4.78, 5) is 0. The van der Waals surface area contributed by atoms with Gasteiger partial charge in [-0.05, 0) is 68.5 Å². The fourth-order valence-corrected chi connectivity index (χ4v) is 2.67. The van der Waals surface area contributed by atoms with Gasteiger partial charge >= 0.3 is 0 Å². The molecule has 16 heavy (non-hydrogen) atoms. The fraction of sp³-hybridized carbons (Fsp3) is 0.538. The summed E-state index contributed by atoms with van der Waals surface area (Å²) in [6.45, 7) is 2.23. The van der Waals surface area contributed by atoms with Gasteiger partial charge in [0.05, 0.1) is 0 Å². The molecule has 0 radical (unpaired) electrons. The molecule has 1 fully saturated rings. The third-order valence-electron chi connectivity index (χ3n) is 3.23. The topological polar surface area (TPSA) is 12.0 Å². The first-order chi connectivity index (χ1) is 7.75. The van der Waals surface area contributed by atoms with Crippen LogP contribution in [0.4, 0.5) is 4.39 Å². The molecule has 0 bridgehead atoms. The smallest absolute Gasteiger partial charge is 0.126 e. The van der Waals surface area contributed by atoms with Gasteiger partial charge in [0.1, 0.15) is 5.82 Å². The molecule has 1 nitrogen and oxygen atoms in total. The van der Waals surface area contributed by atoms with Crippen molar-refractivity contribution >= 4 is 15.9 Å². The van der Waals surface area contributed by atoms with Crippen molar-refractivity contribution in [3.63, 3.8) is 0 Å². The van der Waals surface area contributed by atoms with Crippen LogP contribution in [0.15, 0.2) is 22.7 Å². The molecule has 1 saturated heterocycles. The number of hydrogen-bond acceptors (Lipinski definition) is 1. The minimum Gasteiger partial charge on any atom is -0.316 e. The fourth-order valence-electron chi connectivity index (χ4n) is 2.26. The zero-order valence-electron chi connectivity index (χ0n) is 9.31. The molecule has 0 amide bonds. The Morgan fingerprint density at radius 1 is 1.44 bits per heavy atom. The lowest BCUT2D eigenvalue weighted by Gasteiger charge is -2.22. The molecule has 2 rings (SSSR count). The van der Waals surface area contributed by atoms with Crippen LogP contribution < -0.4 is 5.32 Å². The van der Waals surface area contributed by atoms with E-state index in [9.17, 15) is 4.39 Å². The Bertz CT molecular complexity index is 348. The molecule has 1 atom stereocenters. The van der Waals surface area contributed by atoms with Crippen molar-refractivity contribution in [1.29, 1.82) is 0 Å². The van der Waals surface area contributed by atoms with Gasteiger partial charge in [0.25, 0.3) is 0 Å². The number of benzene rings is 1. The second kappa shape index (κ2) is 5.78. The van der Waals surface area contributed by atoms with E-state index in [0.29, 0.717) is 5.92 Å². The van der Waals surface area contributed by atoms with Gasteiger partial charge in [-0.15, -0.1) is 0 Å². The maximum absolute atomic E-state index is 13.5. The van der Waals surface area contributed by atoms with Crippen molar-refractivity contribution in [3.8, 4) is 0 Å². The summed E-state index contributed by atoms with van der Waals surface area (Å²) < 4.78 is 14.5. The molecular formula is C13H17BrFN. The van der Waals surface area contributed by atoms with Crippen LogP contribution in [0.3, 0.4) is 0 Å². The molecule has 1 N–H and O–H groups in total. The highest BCUT2D eigenvalue weighted by Crippen LogP contribution is 2.21. The number of halogens is 2. The van der Waals surface area contributed by atoms with Crippen molar-refractivity contribution in [2.75, 3.05) is 13.1 Å². The first kappa shape index (κ1) is 12.1. The zero-order valence-corrected chi connectivity index (χ0v) is 10.9. The highest BCUT2D eigenvalue weighted by atomic mass is 79.9. The third-order valence-corrected chi connectivity index (χ3v) is 3.72. The second-order valence-electron chi connectivity index (χ2n) is 4.49. The summed E-state index contributed by atoms with van der Waals surface area (Å²) in [7, 11) is 0. The lowest BCUT2D eigenvalue weighted by atomic mass is 9.92. The lowest BCUT2D eigenvalue weighted by molar-refractivity contribution is 0.356. The summed E-state index contributed by atoms with van der Waals surface area (Å²) in [6.07, 6.45) is 4.46. The van der Waals surface area contributed by atoms with Gasteiger partial charge in [-0.1, -0.05) is 15.9 Å². The highest BCUT2D eigenvalue weighted by molar-refractivity contribution is 9.10. The van der Waals surface area contributed by atoms with Crippen molar-refractivity contribution in [3.05, 3.63) is 34.1 Å². The minimum atomic E-state index is -0.0769. The Hall–Kier alpha value is -0.410. The van der Waals surface area contributed by atoms with Crippen molar-refractivity contribution < 1.29 is 4.39 Å². The largest absolute Gasteiger partial charge is 0.316 e. The van der Waals surface area contributed by atoms with Crippen LogP contribution in [-0.4, -0.2) is 13.1 Å². The predicted octanol–water partition coefficient (Wildman–Crippen LogP) is 3.52. The van der Waals surface area contributed by atoms with Crippen LogP contribution in [0.2, 0.25) is 0 Å². The minimum absolute atomic E-state index is 0.0769. The van der Waals surface area contributed by atoms with E-state index < -0.39 is 0 Å². The van der Waals surface area contributed by atoms with Crippen molar-refractivity contribution in [1.82, 2.24) is 5.32 Å². The first-order valence-corrected chi connectivity index (χ1v) is 6.69. The van der Waals surface area contributed by atoms with Crippen LogP contribution in [0.5, 0.6) is 0 Å². The predicted molar refractivity (Wildman–Crippen MR) is 68.0 cm³/mol. The molecule has 0 spiro atoms. The summed E-state index contributed by atoms with van der Waals surface area (Å²) in [5, 5.41) is 3.39. The molecule has 0 aromatic heterocycles. The number of hydrogen-bond donors (Lipinski definition) is 1. The number of piperidine rings is 1. The van der Waals surface area contributed by atoms with E-state index in [0.717, 1.165) is 36.0 Å². The summed E-state index contributed by atoms with van der Waals surface area (Å²) in [6, 6.07) is 5.19. The molecule has 1 aromatic carbocycles. The van der Waals surface area contributed by atoms with Gasteiger partial charge in [0.2, 0.25) is 0 Å². The molecule has 1 aliphatic rings. The Morgan fingerprint density at radius 2 is 2.31 bits per heavy atom. The van der Waals surface area contributed by atoms with Crippen molar-refractivity contribution in [2.45, 2.75) is 25.7 Å². The maximum atomic E-state index is 13.5. The van der Waals surface area contributed by atoms with Crippen LogP contribution >= 0.6 is 15.9 Å². The molecule has 1 heterocycles. The first-order valence-electron chi connectivity index (χ1n) is 5.90. The van der Waals surface area contributed by atoms with Gasteiger partial charge in [-0.25, -0.2) is 4.39 Å². The molecule has 1 aliphatic heterocycles. The summed E-state index contributed by atoms with van der Waals surface area (Å²) in [5.41, 5.74) is 0.833. The Labute approximate surface area is 105 Å². The Kier molecular flexibility index (Phi) is 4.36. The van der Waals surface area contributed by atoms with Crippen LogP contribution in [0.1, 0.15) is 24.8 Å². The lowest BCUT2D eigenvalue weighted by Crippen LogP contribution is -2.29. The van der Waals surface area contributed by atoms with E-state index in [1.165, 1.54) is 12.8 Å². The second-order valence-corrected chi connectivity index (χ2v) is 5.40. The van der Waals surface area contributed by atoms with E-state index in [1.807, 2.05) is 6.07 Å². The maximum Gasteiger partial charge on any atom is 0.126 e. The van der Waals surface area contributed by atoms with E-state index >= 15 is 0 Å². The van der Waals surface area contributed by atoms with E-state index in [4.69, 9.17) is 0 Å². The Balaban J connectivity index is 1.90. The molecule has 88 valence electrons. The molecule has 0 saturated carbocycles. The summed E-state index contributed by atoms with van der Waals surface area (Å²) >= 11 is 3.38. The molecular weight excluding hydrogens is 269 g/mol. The highest BCUT2D eigenvalue weighted by Gasteiger charge is 2.13. The SMILES string of the molecule is Fc1ccc(Br)cc1CCC1CCCNC1. The van der Waals surface area contributed by atoms with Gasteiger partial charge in [-0.3, -0.25) is 0 Å². The van der Waals surface area contributed by atoms with Gasteiger partial charge in [0, 0.05) is 4.47 Å². The van der Waals surface area contributed by atoms with E-state index in [1.54, 1.807) is 12.1 Å². The number of aryl methyl sites for hydroxylation is 1. The van der Waals surface area contributed by atoms with Gasteiger partial charge in [0.15, 0.2) is 0 Å². The molecule has 1 aromatic rings. The van der Waals surface area contributed by atoms with E-state index in [2.05, 4.69) is 21.2 Å². The monoisotopic (exact) mass is 285 g/mol. The normalized spacial score (nSPS) is 21.0. The molecule has 0 aliphatic carbocycles. The molecule has 3 heteroatoms. The average Bonchev–Trinajstić information content (AvgIpc) is 2.32. The van der Waals surface area contributed by atoms with Crippen molar-refractivity contribution in [2.24, 2.45) is 5.92 Å². The summed E-state index contributed by atoms with van der Waals surface area (Å²) in [5.74, 6) is 0.638. The average molecular weight is 286 g/mol. The van der Waals surface area contributed by atoms with Crippen LogP contribution in [0, 0.1) is 11.7 Å². The number of rotatable bonds is 3. The zero-order chi connectivity index (χ0) is 11.4. The third kappa shape index (κ3) is 3.29. The number of nitrogens with one attached hydrogen (secondary N) is 1.